The van der Waals surface area contributed by atoms with Gasteiger partial charge in [-0.3, -0.25) is 0 Å². The van der Waals surface area contributed by atoms with E-state index >= 15 is 0 Å². The fourth-order valence-electron chi connectivity index (χ4n) is 1.18. The number of para-hydroxylation sites is 1. The van der Waals surface area contributed by atoms with Gasteiger partial charge in [-0.2, -0.15) is 0 Å². The fourth-order valence-corrected chi connectivity index (χ4v) is 1.23. The lowest BCUT2D eigenvalue weighted by Gasteiger charge is -2.10. The number of ether oxygens (including phenoxy) is 1. The molecule has 0 aliphatic heterocycles. The van der Waals surface area contributed by atoms with Crippen molar-refractivity contribution in [1.82, 2.24) is 0 Å². The van der Waals surface area contributed by atoms with E-state index in [1.807, 2.05) is 32.0 Å². The molecule has 0 aromatic heterocycles. The highest BCUT2D eigenvalue weighted by Crippen LogP contribution is 2.22. The summed E-state index contributed by atoms with van der Waals surface area (Å²) in [6, 6.07) is 6.03. The first-order chi connectivity index (χ1) is 6.11. The summed E-state index contributed by atoms with van der Waals surface area (Å²) in [5, 5.41) is 0.516. The van der Waals surface area contributed by atoms with Gasteiger partial charge in [-0.05, 0) is 25.0 Å². The van der Waals surface area contributed by atoms with Crippen molar-refractivity contribution in [2.45, 2.75) is 13.8 Å². The molecule has 0 radical (unpaired) electrons. The van der Waals surface area contributed by atoms with Crippen LogP contribution in [-0.4, -0.2) is 6.61 Å². The van der Waals surface area contributed by atoms with E-state index in [9.17, 15) is 0 Å². The van der Waals surface area contributed by atoms with Crippen molar-refractivity contribution in [2.24, 2.45) is 0 Å². The van der Waals surface area contributed by atoms with E-state index in [0.29, 0.717) is 11.6 Å². The lowest BCUT2D eigenvalue weighted by molar-refractivity contribution is 0.354. The first kappa shape index (κ1) is 10.1. The second kappa shape index (κ2) is 4.33. The molecule has 0 saturated carbocycles. The highest BCUT2D eigenvalue weighted by Gasteiger charge is 2.02. The molecule has 0 unspecified atom stereocenters. The minimum Gasteiger partial charge on any atom is -0.487 e. The molecule has 1 aromatic rings. The Morgan fingerprint density at radius 3 is 2.38 bits per heavy atom. The Balaban J connectivity index is 2.81. The van der Waals surface area contributed by atoms with Gasteiger partial charge in [-0.1, -0.05) is 36.4 Å². The topological polar surface area (TPSA) is 9.23 Å². The summed E-state index contributed by atoms with van der Waals surface area (Å²) < 4.78 is 5.50. The minimum absolute atomic E-state index is 0.368. The van der Waals surface area contributed by atoms with Crippen molar-refractivity contribution >= 4 is 11.6 Å². The molecule has 0 fully saturated rings. The molecule has 0 saturated heterocycles. The molecular formula is C11H13ClO. The Bertz CT molecular complexity index is 298. The van der Waals surface area contributed by atoms with Crippen LogP contribution in [0.4, 0.5) is 0 Å². The Hall–Kier alpha value is -0.950. The van der Waals surface area contributed by atoms with Gasteiger partial charge in [0.05, 0.1) is 0 Å². The van der Waals surface area contributed by atoms with Gasteiger partial charge < -0.3 is 4.74 Å². The minimum atomic E-state index is 0.368. The predicted octanol–water partition coefficient (Wildman–Crippen LogP) is 3.43. The second-order valence-corrected chi connectivity index (χ2v) is 3.56. The summed E-state index contributed by atoms with van der Waals surface area (Å²) in [6.07, 6.45) is 0. The number of hydrogen-bond donors (Lipinski definition) is 0. The Morgan fingerprint density at radius 1 is 1.38 bits per heavy atom. The van der Waals surface area contributed by atoms with Crippen LogP contribution in [0.3, 0.4) is 0 Å². The van der Waals surface area contributed by atoms with Crippen molar-refractivity contribution in [2.75, 3.05) is 6.61 Å². The van der Waals surface area contributed by atoms with Crippen LogP contribution < -0.4 is 4.74 Å². The third-order valence-corrected chi connectivity index (χ3v) is 1.89. The molecule has 0 bridgehead atoms. The van der Waals surface area contributed by atoms with Gasteiger partial charge in [0.2, 0.25) is 0 Å². The fraction of sp³-hybridized carbons (Fsp3) is 0.273. The number of aryl methyl sites for hydroxylation is 2. The first-order valence-electron chi connectivity index (χ1n) is 4.13. The number of hydrogen-bond acceptors (Lipinski definition) is 1. The summed E-state index contributed by atoms with van der Waals surface area (Å²) in [5.41, 5.74) is 2.25. The molecule has 70 valence electrons. The summed E-state index contributed by atoms with van der Waals surface area (Å²) in [7, 11) is 0. The molecule has 0 aliphatic carbocycles. The Labute approximate surface area is 84.0 Å². The molecule has 0 spiro atoms. The van der Waals surface area contributed by atoms with Gasteiger partial charge >= 0.3 is 0 Å². The maximum absolute atomic E-state index is 5.61. The third kappa shape index (κ3) is 2.78. The predicted molar refractivity (Wildman–Crippen MR) is 56.4 cm³/mol. The van der Waals surface area contributed by atoms with E-state index in [1.54, 1.807) is 0 Å². The Morgan fingerprint density at radius 2 is 1.92 bits per heavy atom. The van der Waals surface area contributed by atoms with Gasteiger partial charge in [0.1, 0.15) is 12.4 Å². The van der Waals surface area contributed by atoms with Gasteiger partial charge in [0, 0.05) is 5.03 Å². The van der Waals surface area contributed by atoms with Crippen LogP contribution in [-0.2, 0) is 0 Å². The van der Waals surface area contributed by atoms with Crippen LogP contribution in [0, 0.1) is 13.8 Å². The first-order valence-corrected chi connectivity index (χ1v) is 4.51. The van der Waals surface area contributed by atoms with E-state index in [-0.39, 0.29) is 0 Å². The van der Waals surface area contributed by atoms with Crippen LogP contribution in [0.1, 0.15) is 11.1 Å². The van der Waals surface area contributed by atoms with Gasteiger partial charge in [0.25, 0.3) is 0 Å². The molecule has 0 amide bonds. The van der Waals surface area contributed by atoms with E-state index in [0.717, 1.165) is 16.9 Å². The van der Waals surface area contributed by atoms with Crippen LogP contribution in [0.5, 0.6) is 5.75 Å². The Kier molecular flexibility index (Phi) is 3.38. The average molecular weight is 197 g/mol. The SMILES string of the molecule is C=C(Cl)COc1c(C)cccc1C. The lowest BCUT2D eigenvalue weighted by atomic mass is 10.1. The summed E-state index contributed by atoms with van der Waals surface area (Å²) in [5.74, 6) is 0.907. The van der Waals surface area contributed by atoms with E-state index < -0.39 is 0 Å². The lowest BCUT2D eigenvalue weighted by Crippen LogP contribution is -1.99. The zero-order valence-corrected chi connectivity index (χ0v) is 8.69. The number of rotatable bonds is 3. The normalized spacial score (nSPS) is 9.77. The zero-order chi connectivity index (χ0) is 9.84. The van der Waals surface area contributed by atoms with Crippen molar-refractivity contribution < 1.29 is 4.74 Å². The summed E-state index contributed by atoms with van der Waals surface area (Å²) in [4.78, 5) is 0. The maximum atomic E-state index is 5.61. The molecule has 0 aliphatic rings. The second-order valence-electron chi connectivity index (χ2n) is 3.03. The molecule has 0 heterocycles. The van der Waals surface area contributed by atoms with Gasteiger partial charge in [-0.25, -0.2) is 0 Å². The van der Waals surface area contributed by atoms with Crippen LogP contribution in [0.2, 0.25) is 0 Å². The zero-order valence-electron chi connectivity index (χ0n) is 7.93. The molecule has 1 nitrogen and oxygen atoms in total. The molecule has 2 heteroatoms. The molecule has 1 aromatic carbocycles. The van der Waals surface area contributed by atoms with Crippen molar-refractivity contribution in [3.05, 3.63) is 40.9 Å². The number of benzene rings is 1. The van der Waals surface area contributed by atoms with Crippen LogP contribution >= 0.6 is 11.6 Å². The van der Waals surface area contributed by atoms with Crippen molar-refractivity contribution in [3.8, 4) is 5.75 Å². The van der Waals surface area contributed by atoms with Crippen LogP contribution in [0.15, 0.2) is 29.8 Å². The van der Waals surface area contributed by atoms with E-state index in [4.69, 9.17) is 16.3 Å². The van der Waals surface area contributed by atoms with Gasteiger partial charge in [0.15, 0.2) is 0 Å². The highest BCUT2D eigenvalue weighted by atomic mass is 35.5. The monoisotopic (exact) mass is 196 g/mol. The summed E-state index contributed by atoms with van der Waals surface area (Å²) in [6.45, 7) is 7.96. The van der Waals surface area contributed by atoms with Crippen LogP contribution in [0.25, 0.3) is 0 Å². The highest BCUT2D eigenvalue weighted by molar-refractivity contribution is 6.29. The maximum Gasteiger partial charge on any atom is 0.125 e. The summed E-state index contributed by atoms with van der Waals surface area (Å²) >= 11 is 5.61. The molecule has 0 N–H and O–H groups in total. The molecule has 1 rings (SSSR count). The van der Waals surface area contributed by atoms with E-state index in [1.165, 1.54) is 0 Å². The quantitative estimate of drug-likeness (QED) is 0.720. The molecular weight excluding hydrogens is 184 g/mol. The molecule has 0 atom stereocenters. The van der Waals surface area contributed by atoms with Gasteiger partial charge in [-0.15, -0.1) is 0 Å². The largest absolute Gasteiger partial charge is 0.487 e. The van der Waals surface area contributed by atoms with Crippen molar-refractivity contribution in [1.29, 1.82) is 0 Å². The average Bonchev–Trinajstić information content (AvgIpc) is 2.03. The van der Waals surface area contributed by atoms with Crippen molar-refractivity contribution in [3.63, 3.8) is 0 Å². The standard InChI is InChI=1S/C11H13ClO/c1-8-5-4-6-9(2)11(8)13-7-10(3)12/h4-6H,3,7H2,1-2H3. The smallest absolute Gasteiger partial charge is 0.125 e. The number of halogens is 1. The molecule has 13 heavy (non-hydrogen) atoms. The third-order valence-electron chi connectivity index (χ3n) is 1.78. The van der Waals surface area contributed by atoms with E-state index in [2.05, 4.69) is 6.58 Å².